The summed E-state index contributed by atoms with van der Waals surface area (Å²) in [6.45, 7) is 6.59. The lowest BCUT2D eigenvalue weighted by Crippen LogP contribution is -2.37. The van der Waals surface area contributed by atoms with Crippen LogP contribution in [0.4, 0.5) is 0 Å². The van der Waals surface area contributed by atoms with Gasteiger partial charge in [0, 0.05) is 4.88 Å². The van der Waals surface area contributed by atoms with Gasteiger partial charge >= 0.3 is 0 Å². The molecule has 0 radical (unpaired) electrons. The SMILES string of the molecule is CCC1CCC(NC)(c2nc(C)c(C)s2)C1. The molecule has 0 aliphatic heterocycles. The molecule has 2 atom stereocenters. The molecule has 1 heterocycles. The second-order valence-electron chi connectivity index (χ2n) is 5.01. The van der Waals surface area contributed by atoms with E-state index in [4.69, 9.17) is 4.98 Å². The van der Waals surface area contributed by atoms with E-state index in [1.807, 2.05) is 11.3 Å². The number of aromatic nitrogens is 1. The number of hydrogen-bond acceptors (Lipinski definition) is 3. The Morgan fingerprint density at radius 1 is 1.50 bits per heavy atom. The predicted molar refractivity (Wildman–Crippen MR) is 70.0 cm³/mol. The second-order valence-corrected chi connectivity index (χ2v) is 6.21. The molecule has 1 aromatic rings. The Bertz CT molecular complexity index is 353. The highest BCUT2D eigenvalue weighted by Crippen LogP contribution is 2.44. The fraction of sp³-hybridized carbons (Fsp3) is 0.769. The Labute approximate surface area is 102 Å². The molecule has 2 nitrogen and oxygen atoms in total. The first-order valence-corrected chi connectivity index (χ1v) is 7.06. The van der Waals surface area contributed by atoms with Crippen molar-refractivity contribution in [3.63, 3.8) is 0 Å². The molecule has 0 bridgehead atoms. The Morgan fingerprint density at radius 3 is 2.69 bits per heavy atom. The van der Waals surface area contributed by atoms with Crippen LogP contribution in [0.3, 0.4) is 0 Å². The molecule has 0 saturated heterocycles. The predicted octanol–water partition coefficient (Wildman–Crippen LogP) is 3.38. The van der Waals surface area contributed by atoms with Gasteiger partial charge in [0.1, 0.15) is 5.01 Å². The van der Waals surface area contributed by atoms with Gasteiger partial charge in [0.2, 0.25) is 0 Å². The normalized spacial score (nSPS) is 29.9. The lowest BCUT2D eigenvalue weighted by molar-refractivity contribution is 0.350. The van der Waals surface area contributed by atoms with Crippen molar-refractivity contribution in [2.75, 3.05) is 7.05 Å². The second kappa shape index (κ2) is 4.46. The van der Waals surface area contributed by atoms with E-state index in [9.17, 15) is 0 Å². The molecular weight excluding hydrogens is 216 g/mol. The van der Waals surface area contributed by atoms with Crippen LogP contribution < -0.4 is 5.32 Å². The van der Waals surface area contributed by atoms with Gasteiger partial charge in [-0.3, -0.25) is 0 Å². The van der Waals surface area contributed by atoms with E-state index < -0.39 is 0 Å². The van der Waals surface area contributed by atoms with Gasteiger partial charge in [-0.2, -0.15) is 0 Å². The highest BCUT2D eigenvalue weighted by Gasteiger charge is 2.41. The van der Waals surface area contributed by atoms with E-state index in [1.165, 1.54) is 41.3 Å². The van der Waals surface area contributed by atoms with E-state index in [1.54, 1.807) is 0 Å². The van der Waals surface area contributed by atoms with Crippen LogP contribution in [0.15, 0.2) is 0 Å². The number of hydrogen-bond donors (Lipinski definition) is 1. The Kier molecular flexibility index (Phi) is 3.36. The van der Waals surface area contributed by atoms with Crippen LogP contribution in [0, 0.1) is 19.8 Å². The molecule has 1 N–H and O–H groups in total. The van der Waals surface area contributed by atoms with Gasteiger partial charge in [-0.1, -0.05) is 13.3 Å². The highest BCUT2D eigenvalue weighted by molar-refractivity contribution is 7.11. The molecular formula is C13H22N2S. The Hall–Kier alpha value is -0.410. The summed E-state index contributed by atoms with van der Waals surface area (Å²) in [5.74, 6) is 0.872. The fourth-order valence-electron chi connectivity index (χ4n) is 2.70. The quantitative estimate of drug-likeness (QED) is 0.873. The van der Waals surface area contributed by atoms with Crippen molar-refractivity contribution in [3.05, 3.63) is 15.6 Å². The number of nitrogens with one attached hydrogen (secondary N) is 1. The number of nitrogens with zero attached hydrogens (tertiary/aromatic N) is 1. The molecule has 1 aliphatic rings. The lowest BCUT2D eigenvalue weighted by atomic mass is 9.96. The third kappa shape index (κ3) is 1.91. The number of thiazole rings is 1. The van der Waals surface area contributed by atoms with Crippen LogP contribution in [0.25, 0.3) is 0 Å². The zero-order chi connectivity index (χ0) is 11.8. The molecule has 1 aromatic heterocycles. The van der Waals surface area contributed by atoms with Crippen LogP contribution in [0.5, 0.6) is 0 Å². The first kappa shape index (κ1) is 12.1. The van der Waals surface area contributed by atoms with Crippen LogP contribution >= 0.6 is 11.3 Å². The summed E-state index contributed by atoms with van der Waals surface area (Å²) in [4.78, 5) is 6.13. The number of rotatable bonds is 3. The van der Waals surface area contributed by atoms with Crippen molar-refractivity contribution in [1.29, 1.82) is 0 Å². The molecule has 1 saturated carbocycles. The van der Waals surface area contributed by atoms with E-state index in [0.717, 1.165) is 5.92 Å². The zero-order valence-corrected chi connectivity index (χ0v) is 11.6. The van der Waals surface area contributed by atoms with Crippen molar-refractivity contribution in [1.82, 2.24) is 10.3 Å². The molecule has 2 rings (SSSR count). The van der Waals surface area contributed by atoms with Crippen LogP contribution in [-0.4, -0.2) is 12.0 Å². The summed E-state index contributed by atoms with van der Waals surface area (Å²) >= 11 is 1.87. The molecule has 2 unspecified atom stereocenters. The van der Waals surface area contributed by atoms with Crippen LogP contribution in [0.1, 0.15) is 48.2 Å². The zero-order valence-electron chi connectivity index (χ0n) is 10.8. The molecule has 3 heteroatoms. The van der Waals surface area contributed by atoms with Gasteiger partial charge in [0.05, 0.1) is 11.2 Å². The molecule has 90 valence electrons. The van der Waals surface area contributed by atoms with Crippen LogP contribution in [-0.2, 0) is 5.54 Å². The average molecular weight is 238 g/mol. The standard InChI is InChI=1S/C13H22N2S/c1-5-11-6-7-13(8-11,14-4)12-15-9(2)10(3)16-12/h11,14H,5-8H2,1-4H3. The summed E-state index contributed by atoms with van der Waals surface area (Å²) in [7, 11) is 2.09. The van der Waals surface area contributed by atoms with Crippen molar-refractivity contribution >= 4 is 11.3 Å². The smallest absolute Gasteiger partial charge is 0.113 e. The summed E-state index contributed by atoms with van der Waals surface area (Å²) < 4.78 is 0. The van der Waals surface area contributed by atoms with Crippen LogP contribution in [0.2, 0.25) is 0 Å². The average Bonchev–Trinajstić information content (AvgIpc) is 2.85. The fourth-order valence-corrected chi connectivity index (χ4v) is 3.85. The molecule has 1 fully saturated rings. The van der Waals surface area contributed by atoms with Gasteiger partial charge in [-0.05, 0) is 46.1 Å². The van der Waals surface area contributed by atoms with E-state index in [0.29, 0.717) is 0 Å². The topological polar surface area (TPSA) is 24.9 Å². The van der Waals surface area contributed by atoms with Gasteiger partial charge in [-0.15, -0.1) is 11.3 Å². The number of aryl methyl sites for hydroxylation is 2. The largest absolute Gasteiger partial charge is 0.308 e. The summed E-state index contributed by atoms with van der Waals surface area (Å²) in [6, 6.07) is 0. The minimum Gasteiger partial charge on any atom is -0.308 e. The lowest BCUT2D eigenvalue weighted by Gasteiger charge is -2.26. The van der Waals surface area contributed by atoms with Gasteiger partial charge in [0.25, 0.3) is 0 Å². The van der Waals surface area contributed by atoms with Crippen molar-refractivity contribution in [2.45, 2.75) is 52.0 Å². The summed E-state index contributed by atoms with van der Waals surface area (Å²) in [5.41, 5.74) is 1.37. The Balaban J connectivity index is 2.29. The maximum Gasteiger partial charge on any atom is 0.113 e. The summed E-state index contributed by atoms with van der Waals surface area (Å²) in [5, 5.41) is 4.85. The van der Waals surface area contributed by atoms with Crippen molar-refractivity contribution < 1.29 is 0 Å². The monoisotopic (exact) mass is 238 g/mol. The van der Waals surface area contributed by atoms with E-state index in [2.05, 4.69) is 33.1 Å². The molecule has 16 heavy (non-hydrogen) atoms. The first-order valence-electron chi connectivity index (χ1n) is 6.24. The van der Waals surface area contributed by atoms with Crippen molar-refractivity contribution in [2.24, 2.45) is 5.92 Å². The van der Waals surface area contributed by atoms with Gasteiger partial charge < -0.3 is 5.32 Å². The van der Waals surface area contributed by atoms with Crippen molar-refractivity contribution in [3.8, 4) is 0 Å². The maximum absolute atomic E-state index is 4.76. The minimum atomic E-state index is 0.171. The third-order valence-electron chi connectivity index (χ3n) is 4.11. The first-order chi connectivity index (χ1) is 7.61. The third-order valence-corrected chi connectivity index (χ3v) is 5.39. The van der Waals surface area contributed by atoms with Gasteiger partial charge in [0.15, 0.2) is 0 Å². The molecule has 0 spiro atoms. The molecule has 1 aliphatic carbocycles. The maximum atomic E-state index is 4.76. The molecule has 0 aromatic carbocycles. The van der Waals surface area contributed by atoms with E-state index in [-0.39, 0.29) is 5.54 Å². The van der Waals surface area contributed by atoms with Gasteiger partial charge in [-0.25, -0.2) is 4.98 Å². The Morgan fingerprint density at radius 2 is 2.25 bits per heavy atom. The molecule has 0 amide bonds. The minimum absolute atomic E-state index is 0.171. The summed E-state index contributed by atoms with van der Waals surface area (Å²) in [6.07, 6.45) is 5.14. The van der Waals surface area contributed by atoms with E-state index >= 15 is 0 Å². The highest BCUT2D eigenvalue weighted by atomic mass is 32.1.